The lowest BCUT2D eigenvalue weighted by atomic mass is 10.2. The first-order chi connectivity index (χ1) is 15.6. The monoisotopic (exact) mass is 496 g/mol. The number of hydrogen-bond donors (Lipinski definition) is 1. The molecule has 0 atom stereocenters. The second-order valence-corrected chi connectivity index (χ2v) is 10.3. The van der Waals surface area contributed by atoms with Crippen molar-refractivity contribution >= 4 is 51.9 Å². The van der Waals surface area contributed by atoms with Crippen LogP contribution >= 0.6 is 46.0 Å². The number of anilines is 1. The molecule has 160 valence electrons. The molecule has 2 aromatic carbocycles. The van der Waals surface area contributed by atoms with E-state index in [4.69, 9.17) is 27.1 Å². The molecule has 0 bridgehead atoms. The highest BCUT2D eigenvalue weighted by molar-refractivity contribution is 8.01. The van der Waals surface area contributed by atoms with Crippen molar-refractivity contribution in [2.75, 3.05) is 12.8 Å². The van der Waals surface area contributed by atoms with E-state index in [1.807, 2.05) is 60.0 Å². The van der Waals surface area contributed by atoms with Crippen molar-refractivity contribution in [2.45, 2.75) is 9.10 Å². The molecule has 0 amide bonds. The van der Waals surface area contributed by atoms with Gasteiger partial charge in [-0.05, 0) is 70.9 Å². The van der Waals surface area contributed by atoms with Gasteiger partial charge < -0.3 is 10.5 Å². The van der Waals surface area contributed by atoms with Gasteiger partial charge in [-0.25, -0.2) is 4.98 Å². The molecule has 32 heavy (non-hydrogen) atoms. The number of aromatic nitrogens is 3. The highest BCUT2D eigenvalue weighted by atomic mass is 35.5. The number of halogens is 1. The molecule has 3 heterocycles. The summed E-state index contributed by atoms with van der Waals surface area (Å²) in [6.45, 7) is 0. The summed E-state index contributed by atoms with van der Waals surface area (Å²) in [6, 6.07) is 17.7. The Morgan fingerprint density at radius 1 is 1.03 bits per heavy atom. The maximum Gasteiger partial charge on any atom is 0.213 e. The van der Waals surface area contributed by atoms with Crippen LogP contribution in [0.25, 0.3) is 27.5 Å². The third-order valence-corrected chi connectivity index (χ3v) is 7.94. The quantitative estimate of drug-likeness (QED) is 0.271. The number of ether oxygens (including phenoxy) is 1. The largest absolute Gasteiger partial charge is 0.497 e. The average molecular weight is 497 g/mol. The van der Waals surface area contributed by atoms with Crippen LogP contribution in [-0.4, -0.2) is 21.9 Å². The van der Waals surface area contributed by atoms with Gasteiger partial charge in [-0.1, -0.05) is 34.7 Å². The number of hydrogen-bond acceptors (Lipinski definition) is 7. The summed E-state index contributed by atoms with van der Waals surface area (Å²) in [5, 5.41) is 10.0. The number of methoxy groups -OCH3 is 1. The van der Waals surface area contributed by atoms with Gasteiger partial charge in [0.05, 0.1) is 23.2 Å². The van der Waals surface area contributed by atoms with E-state index in [0.29, 0.717) is 16.0 Å². The van der Waals surface area contributed by atoms with E-state index < -0.39 is 0 Å². The van der Waals surface area contributed by atoms with Gasteiger partial charge in [0.2, 0.25) is 5.13 Å². The second kappa shape index (κ2) is 8.99. The van der Waals surface area contributed by atoms with Gasteiger partial charge in [0.15, 0.2) is 0 Å². The van der Waals surface area contributed by atoms with Crippen molar-refractivity contribution in [3.05, 3.63) is 76.6 Å². The molecule has 5 aromatic rings. The van der Waals surface area contributed by atoms with E-state index in [9.17, 15) is 0 Å². The Hall–Kier alpha value is -2.78. The molecule has 0 unspecified atom stereocenters. The van der Waals surface area contributed by atoms with Crippen LogP contribution in [0.4, 0.5) is 5.82 Å². The predicted molar refractivity (Wildman–Crippen MR) is 135 cm³/mol. The first-order valence-corrected chi connectivity index (χ1v) is 12.5. The molecule has 0 aliphatic carbocycles. The molecular formula is C23H17ClN4OS3. The summed E-state index contributed by atoms with van der Waals surface area (Å²) < 4.78 is 8.05. The minimum atomic E-state index is 0.571. The molecule has 9 heteroatoms. The number of rotatable bonds is 6. The Morgan fingerprint density at radius 3 is 2.50 bits per heavy atom. The molecule has 0 fully saturated rings. The number of thiophene rings is 1. The Labute approximate surface area is 202 Å². The highest BCUT2D eigenvalue weighted by Gasteiger charge is 2.19. The van der Waals surface area contributed by atoms with Crippen LogP contribution in [0.15, 0.2) is 80.7 Å². The fourth-order valence-corrected chi connectivity index (χ4v) is 6.15. The van der Waals surface area contributed by atoms with Crippen LogP contribution in [-0.2, 0) is 0 Å². The molecule has 5 nitrogen and oxygen atoms in total. The summed E-state index contributed by atoms with van der Waals surface area (Å²) >= 11 is 10.9. The van der Waals surface area contributed by atoms with Gasteiger partial charge in [-0.2, -0.15) is 21.1 Å². The van der Waals surface area contributed by atoms with Crippen LogP contribution in [0.1, 0.15) is 0 Å². The van der Waals surface area contributed by atoms with Crippen molar-refractivity contribution in [1.29, 1.82) is 0 Å². The molecule has 0 spiro atoms. The van der Waals surface area contributed by atoms with E-state index in [2.05, 4.69) is 10.5 Å². The van der Waals surface area contributed by atoms with E-state index in [1.165, 1.54) is 0 Å². The van der Waals surface area contributed by atoms with Gasteiger partial charge in [0.1, 0.15) is 11.6 Å². The van der Waals surface area contributed by atoms with Crippen LogP contribution in [0.2, 0.25) is 5.02 Å². The number of nitrogens with zero attached hydrogens (tertiary/aromatic N) is 3. The van der Waals surface area contributed by atoms with Crippen molar-refractivity contribution in [1.82, 2.24) is 14.8 Å². The van der Waals surface area contributed by atoms with E-state index in [-0.39, 0.29) is 0 Å². The molecule has 0 radical (unpaired) electrons. The first-order valence-electron chi connectivity index (χ1n) is 9.57. The zero-order valence-electron chi connectivity index (χ0n) is 16.9. The molecule has 5 rings (SSSR count). The predicted octanol–water partition coefficient (Wildman–Crippen LogP) is 7.12. The summed E-state index contributed by atoms with van der Waals surface area (Å²) in [5.74, 6) is 1.37. The zero-order chi connectivity index (χ0) is 22.1. The lowest BCUT2D eigenvalue weighted by Crippen LogP contribution is -2.01. The molecule has 0 saturated heterocycles. The lowest BCUT2D eigenvalue weighted by Gasteiger charge is -2.04. The molecule has 0 saturated carbocycles. The third-order valence-electron chi connectivity index (χ3n) is 4.79. The van der Waals surface area contributed by atoms with Crippen molar-refractivity contribution in [3.8, 4) is 33.3 Å². The summed E-state index contributed by atoms with van der Waals surface area (Å²) in [5.41, 5.74) is 10.3. The minimum Gasteiger partial charge on any atom is -0.497 e. The van der Waals surface area contributed by atoms with E-state index >= 15 is 0 Å². The van der Waals surface area contributed by atoms with Gasteiger partial charge >= 0.3 is 0 Å². The van der Waals surface area contributed by atoms with Crippen molar-refractivity contribution in [3.63, 3.8) is 0 Å². The Kier molecular flexibility index (Phi) is 5.93. The molecule has 3 aromatic heterocycles. The minimum absolute atomic E-state index is 0.571. The van der Waals surface area contributed by atoms with Crippen molar-refractivity contribution < 1.29 is 4.74 Å². The highest BCUT2D eigenvalue weighted by Crippen LogP contribution is 2.42. The van der Waals surface area contributed by atoms with Crippen LogP contribution < -0.4 is 10.5 Å². The normalized spacial score (nSPS) is 11.1. The molecule has 2 N–H and O–H groups in total. The summed E-state index contributed by atoms with van der Waals surface area (Å²) in [4.78, 5) is 6.00. The number of thiazole rings is 1. The maximum absolute atomic E-state index is 6.47. The Balaban J connectivity index is 1.58. The third kappa shape index (κ3) is 4.14. The lowest BCUT2D eigenvalue weighted by molar-refractivity contribution is 0.415. The molecule has 0 aliphatic heterocycles. The van der Waals surface area contributed by atoms with E-state index in [0.717, 1.165) is 37.2 Å². The van der Waals surface area contributed by atoms with Gasteiger partial charge in [-0.15, -0.1) is 0 Å². The Morgan fingerprint density at radius 2 is 1.81 bits per heavy atom. The van der Waals surface area contributed by atoms with Gasteiger partial charge in [-0.3, -0.25) is 0 Å². The van der Waals surface area contributed by atoms with Crippen LogP contribution in [0.3, 0.4) is 0 Å². The van der Waals surface area contributed by atoms with E-state index in [1.54, 1.807) is 52.4 Å². The summed E-state index contributed by atoms with van der Waals surface area (Å²) in [6.07, 6.45) is 1.79. The standard InChI is InChI=1S/C23H17ClN4OS3/c1-29-17-6-2-14(3-7-17)20-22(31-18-8-4-16(24)5-9-18)32-23(27-20)28-21(25)19(12-26-28)15-10-11-30-13-15/h2-13H,25H2,1H3. The number of benzene rings is 2. The number of nitrogen functional groups attached to an aromatic ring is 1. The van der Waals surface area contributed by atoms with Gasteiger partial charge in [0.25, 0.3) is 0 Å². The molecular weight excluding hydrogens is 480 g/mol. The average Bonchev–Trinajstić information content (AvgIpc) is 3.55. The van der Waals surface area contributed by atoms with Crippen LogP contribution in [0, 0.1) is 0 Å². The Bertz CT molecular complexity index is 1340. The zero-order valence-corrected chi connectivity index (χ0v) is 20.1. The topological polar surface area (TPSA) is 66.0 Å². The SMILES string of the molecule is COc1ccc(-c2nc(-n3ncc(-c4ccsc4)c3N)sc2Sc2ccc(Cl)cc2)cc1. The second-order valence-electron chi connectivity index (χ2n) is 6.78. The van der Waals surface area contributed by atoms with Gasteiger partial charge in [0, 0.05) is 21.0 Å². The fourth-order valence-electron chi connectivity index (χ4n) is 3.15. The number of nitrogens with two attached hydrogens (primary N) is 1. The summed E-state index contributed by atoms with van der Waals surface area (Å²) in [7, 11) is 1.66. The molecule has 0 aliphatic rings. The van der Waals surface area contributed by atoms with Crippen molar-refractivity contribution in [2.24, 2.45) is 0 Å². The maximum atomic E-state index is 6.47. The fraction of sp³-hybridized carbons (Fsp3) is 0.0435. The van der Waals surface area contributed by atoms with Crippen LogP contribution in [0.5, 0.6) is 5.75 Å². The first kappa shape index (κ1) is 21.1. The smallest absolute Gasteiger partial charge is 0.213 e.